The molecule has 0 saturated carbocycles. The fourth-order valence-corrected chi connectivity index (χ4v) is 2.28. The van der Waals surface area contributed by atoms with Crippen molar-refractivity contribution in [3.8, 4) is 0 Å². The third kappa shape index (κ3) is 4.50. The van der Waals surface area contributed by atoms with E-state index in [4.69, 9.17) is 5.11 Å². The zero-order valence-corrected chi connectivity index (χ0v) is 11.8. The lowest BCUT2D eigenvalue weighted by molar-refractivity contribution is -0.131. The first-order valence-electron chi connectivity index (χ1n) is 6.18. The molecule has 7 heteroatoms. The second kappa shape index (κ2) is 7.30. The average molecular weight is 303 g/mol. The molecule has 0 radical (unpaired) electrons. The van der Waals surface area contributed by atoms with Gasteiger partial charge in [0.15, 0.2) is 0 Å². The maximum Gasteiger partial charge on any atom is 0.328 e. The Hall–Kier alpha value is -2.54. The zero-order valence-electron chi connectivity index (χ0n) is 11.0. The highest BCUT2D eigenvalue weighted by Gasteiger charge is 2.09. The van der Waals surface area contributed by atoms with Crippen molar-refractivity contribution in [1.29, 1.82) is 0 Å². The van der Waals surface area contributed by atoms with Gasteiger partial charge in [-0.05, 0) is 12.1 Å². The molecule has 21 heavy (non-hydrogen) atoms. The van der Waals surface area contributed by atoms with Gasteiger partial charge >= 0.3 is 5.97 Å². The highest BCUT2D eigenvalue weighted by Crippen LogP contribution is 2.09. The van der Waals surface area contributed by atoms with Gasteiger partial charge in [-0.15, -0.1) is 11.3 Å². The minimum absolute atomic E-state index is 0.265. The Morgan fingerprint density at radius 1 is 1.38 bits per heavy atom. The molecule has 0 atom stereocenters. The molecule has 108 valence electrons. The van der Waals surface area contributed by atoms with Gasteiger partial charge in [0.05, 0.1) is 5.01 Å². The summed E-state index contributed by atoms with van der Waals surface area (Å²) in [6.07, 6.45) is 7.66. The molecule has 2 N–H and O–H groups in total. The van der Waals surface area contributed by atoms with E-state index in [-0.39, 0.29) is 5.91 Å². The van der Waals surface area contributed by atoms with E-state index in [1.807, 2.05) is 5.38 Å². The molecule has 0 fully saturated rings. The summed E-state index contributed by atoms with van der Waals surface area (Å²) in [5.41, 5.74) is 0.855. The molecule has 0 aliphatic rings. The Morgan fingerprint density at radius 2 is 2.24 bits per heavy atom. The normalized spacial score (nSPS) is 10.7. The number of carboxylic acid groups (broad SMARTS) is 1. The van der Waals surface area contributed by atoms with Gasteiger partial charge in [-0.1, -0.05) is 0 Å². The third-order valence-corrected chi connectivity index (χ3v) is 3.45. The average Bonchev–Trinajstić information content (AvgIpc) is 2.98. The van der Waals surface area contributed by atoms with Crippen LogP contribution in [0, 0.1) is 0 Å². The minimum atomic E-state index is -1.08. The van der Waals surface area contributed by atoms with E-state index < -0.39 is 5.97 Å². The zero-order chi connectivity index (χ0) is 15.1. The smallest absolute Gasteiger partial charge is 0.328 e. The van der Waals surface area contributed by atoms with Crippen molar-refractivity contribution in [2.24, 2.45) is 0 Å². The van der Waals surface area contributed by atoms with E-state index in [9.17, 15) is 9.59 Å². The van der Waals surface area contributed by atoms with Gasteiger partial charge in [0, 0.05) is 54.1 Å². The summed E-state index contributed by atoms with van der Waals surface area (Å²) in [6, 6.07) is 1.56. The Bertz CT molecular complexity index is 653. The van der Waals surface area contributed by atoms with Crippen molar-refractivity contribution in [1.82, 2.24) is 15.3 Å². The van der Waals surface area contributed by atoms with Gasteiger partial charge < -0.3 is 10.4 Å². The number of carbonyl (C=O) groups is 2. The van der Waals surface area contributed by atoms with Crippen LogP contribution in [0.2, 0.25) is 0 Å². The third-order valence-electron chi connectivity index (χ3n) is 2.61. The largest absolute Gasteiger partial charge is 0.478 e. The van der Waals surface area contributed by atoms with Gasteiger partial charge in [-0.2, -0.15) is 0 Å². The Labute approximate surface area is 125 Å². The van der Waals surface area contributed by atoms with Gasteiger partial charge in [-0.25, -0.2) is 9.78 Å². The molecule has 0 aliphatic carbocycles. The van der Waals surface area contributed by atoms with Gasteiger partial charge in [0.25, 0.3) is 5.91 Å². The van der Waals surface area contributed by atoms with E-state index in [2.05, 4.69) is 15.3 Å². The summed E-state index contributed by atoms with van der Waals surface area (Å²) in [4.78, 5) is 30.7. The van der Waals surface area contributed by atoms with E-state index in [0.29, 0.717) is 24.1 Å². The molecule has 0 unspecified atom stereocenters. The number of hydrogen-bond donors (Lipinski definition) is 2. The lowest BCUT2D eigenvalue weighted by atomic mass is 10.1. The molecular weight excluding hydrogens is 290 g/mol. The van der Waals surface area contributed by atoms with E-state index in [1.165, 1.54) is 29.8 Å². The lowest BCUT2D eigenvalue weighted by Gasteiger charge is -2.06. The van der Waals surface area contributed by atoms with Crippen molar-refractivity contribution in [2.75, 3.05) is 6.54 Å². The number of carbonyl (C=O) groups excluding carboxylic acids is 1. The molecule has 0 aromatic carbocycles. The summed E-state index contributed by atoms with van der Waals surface area (Å²) in [7, 11) is 0. The van der Waals surface area contributed by atoms with Crippen LogP contribution in [0.3, 0.4) is 0 Å². The fraction of sp³-hybridized carbons (Fsp3) is 0.143. The summed E-state index contributed by atoms with van der Waals surface area (Å²) in [5.74, 6) is -1.34. The number of thiazole rings is 1. The molecule has 0 saturated heterocycles. The first-order chi connectivity index (χ1) is 10.2. The first kappa shape index (κ1) is 14.9. The van der Waals surface area contributed by atoms with Crippen LogP contribution in [0.5, 0.6) is 0 Å². The molecule has 2 heterocycles. The number of aromatic nitrogens is 2. The number of pyridine rings is 1. The highest BCUT2D eigenvalue weighted by atomic mass is 32.1. The number of rotatable bonds is 6. The van der Waals surface area contributed by atoms with Crippen LogP contribution in [0.4, 0.5) is 0 Å². The molecule has 2 aromatic heterocycles. The predicted molar refractivity (Wildman–Crippen MR) is 79.1 cm³/mol. The molecular formula is C14H13N3O3S. The van der Waals surface area contributed by atoms with Crippen molar-refractivity contribution in [3.05, 3.63) is 52.2 Å². The standard InChI is InChI=1S/C14H13N3O3S/c18-13(19)2-1-10-9-15-5-3-11(10)14(20)17-6-4-12-16-7-8-21-12/h1-3,5,7-9H,4,6H2,(H,17,20)(H,18,19). The van der Waals surface area contributed by atoms with Crippen molar-refractivity contribution < 1.29 is 14.7 Å². The summed E-state index contributed by atoms with van der Waals surface area (Å²) >= 11 is 1.54. The van der Waals surface area contributed by atoms with Crippen LogP contribution in [0.15, 0.2) is 36.1 Å². The lowest BCUT2D eigenvalue weighted by Crippen LogP contribution is -2.26. The second-order valence-corrected chi connectivity index (χ2v) is 5.05. The van der Waals surface area contributed by atoms with Crippen LogP contribution < -0.4 is 5.32 Å². The quantitative estimate of drug-likeness (QED) is 0.791. The molecule has 0 bridgehead atoms. The van der Waals surface area contributed by atoms with Gasteiger partial charge in [-0.3, -0.25) is 9.78 Å². The Morgan fingerprint density at radius 3 is 2.95 bits per heavy atom. The van der Waals surface area contributed by atoms with Crippen molar-refractivity contribution in [2.45, 2.75) is 6.42 Å². The van der Waals surface area contributed by atoms with E-state index in [1.54, 1.807) is 12.3 Å². The Balaban J connectivity index is 2.00. The van der Waals surface area contributed by atoms with Crippen LogP contribution in [0.25, 0.3) is 6.08 Å². The number of nitrogens with zero attached hydrogens (tertiary/aromatic N) is 2. The number of amides is 1. The van der Waals surface area contributed by atoms with Crippen molar-refractivity contribution >= 4 is 29.3 Å². The molecule has 2 rings (SSSR count). The Kier molecular flexibility index (Phi) is 5.16. The summed E-state index contributed by atoms with van der Waals surface area (Å²) in [5, 5.41) is 14.3. The number of nitrogens with one attached hydrogen (secondary N) is 1. The van der Waals surface area contributed by atoms with Gasteiger partial charge in [0.1, 0.15) is 0 Å². The maximum absolute atomic E-state index is 12.1. The predicted octanol–water partition coefficient (Wildman–Crippen LogP) is 1.61. The monoisotopic (exact) mass is 303 g/mol. The van der Waals surface area contributed by atoms with E-state index >= 15 is 0 Å². The van der Waals surface area contributed by atoms with Crippen LogP contribution in [-0.2, 0) is 11.2 Å². The fourth-order valence-electron chi connectivity index (χ4n) is 1.66. The minimum Gasteiger partial charge on any atom is -0.478 e. The highest BCUT2D eigenvalue weighted by molar-refractivity contribution is 7.09. The number of carboxylic acids is 1. The summed E-state index contributed by atoms with van der Waals surface area (Å²) in [6.45, 7) is 0.469. The number of aliphatic carboxylic acids is 1. The van der Waals surface area contributed by atoms with Gasteiger partial charge in [0.2, 0.25) is 0 Å². The summed E-state index contributed by atoms with van der Waals surface area (Å²) < 4.78 is 0. The molecule has 6 nitrogen and oxygen atoms in total. The molecule has 1 amide bonds. The van der Waals surface area contributed by atoms with Crippen LogP contribution in [-0.4, -0.2) is 33.5 Å². The molecule has 0 spiro atoms. The van der Waals surface area contributed by atoms with E-state index in [0.717, 1.165) is 11.1 Å². The topological polar surface area (TPSA) is 92.2 Å². The molecule has 2 aromatic rings. The first-order valence-corrected chi connectivity index (χ1v) is 7.06. The number of hydrogen-bond acceptors (Lipinski definition) is 5. The molecule has 0 aliphatic heterocycles. The SMILES string of the molecule is O=C(O)C=Cc1cnccc1C(=O)NCCc1nccs1. The van der Waals surface area contributed by atoms with Crippen LogP contribution in [0.1, 0.15) is 20.9 Å². The maximum atomic E-state index is 12.1. The second-order valence-electron chi connectivity index (χ2n) is 4.07. The van der Waals surface area contributed by atoms with Crippen molar-refractivity contribution in [3.63, 3.8) is 0 Å². The van der Waals surface area contributed by atoms with Crippen LogP contribution >= 0.6 is 11.3 Å².